The van der Waals surface area contributed by atoms with E-state index in [9.17, 15) is 4.79 Å². The summed E-state index contributed by atoms with van der Waals surface area (Å²) in [4.78, 5) is 19.6. The maximum Gasteiger partial charge on any atom is 0.408 e. The molecule has 33 heavy (non-hydrogen) atoms. The van der Waals surface area contributed by atoms with Gasteiger partial charge >= 0.3 is 6.09 Å². The molecule has 4 rings (SSSR count). The second-order valence-corrected chi connectivity index (χ2v) is 9.98. The summed E-state index contributed by atoms with van der Waals surface area (Å²) in [6.45, 7) is 7.96. The van der Waals surface area contributed by atoms with Crippen LogP contribution in [-0.4, -0.2) is 40.2 Å². The van der Waals surface area contributed by atoms with Gasteiger partial charge in [0, 0.05) is 30.6 Å². The zero-order valence-corrected chi connectivity index (χ0v) is 20.1. The third-order valence-electron chi connectivity index (χ3n) is 5.67. The van der Waals surface area contributed by atoms with E-state index in [-0.39, 0.29) is 0 Å². The zero-order chi connectivity index (χ0) is 23.5. The Labute approximate surface area is 200 Å². The number of fused-ring (bicyclic) bond motifs is 1. The summed E-state index contributed by atoms with van der Waals surface area (Å²) in [5.74, 6) is 0. The molecule has 5 nitrogen and oxygen atoms in total. The van der Waals surface area contributed by atoms with Gasteiger partial charge < -0.3 is 10.1 Å². The number of pyridine rings is 1. The number of carbonyl (C=O) groups is 1. The number of carbonyl (C=O) groups excluding carboxylic acids is 1. The number of amides is 1. The monoisotopic (exact) mass is 463 g/mol. The van der Waals surface area contributed by atoms with Crippen molar-refractivity contribution >= 4 is 34.7 Å². The Morgan fingerprint density at radius 2 is 1.91 bits per heavy atom. The number of nitrogens with zero attached hydrogens (tertiary/aromatic N) is 2. The molecule has 0 aliphatic carbocycles. The van der Waals surface area contributed by atoms with Crippen molar-refractivity contribution in [3.63, 3.8) is 0 Å². The van der Waals surface area contributed by atoms with Gasteiger partial charge in [-0.3, -0.25) is 4.90 Å². The Kier molecular flexibility index (Phi) is 6.73. The number of alkyl carbamates (subject to hydrolysis) is 1. The first-order valence-corrected chi connectivity index (χ1v) is 11.6. The molecule has 1 amide bonds. The average Bonchev–Trinajstić information content (AvgIpc) is 3.14. The Morgan fingerprint density at radius 3 is 2.67 bits per heavy atom. The van der Waals surface area contributed by atoms with Gasteiger partial charge in [-0.2, -0.15) is 0 Å². The fourth-order valence-electron chi connectivity index (χ4n) is 4.15. The standard InChI is InChI=1S/C27H30ClN3O2/c1-26(2,3)33-25(32)30-27(15-16-31(19-27)18-20-9-5-4-6-10-20)14-13-22-17-21-11-7-8-12-23(21)29-24(22)28/h4-14,17H,15-16,18-19H2,1-3H3,(H,30,32)/b14-13+. The van der Waals surface area contributed by atoms with Crippen molar-refractivity contribution in [2.45, 2.75) is 44.9 Å². The molecule has 1 unspecified atom stereocenters. The number of halogens is 1. The number of hydrogen-bond acceptors (Lipinski definition) is 4. The molecule has 3 aromatic rings. The van der Waals surface area contributed by atoms with Gasteiger partial charge in [0.25, 0.3) is 0 Å². The Hall–Kier alpha value is -2.89. The number of ether oxygens (including phenoxy) is 1. The zero-order valence-electron chi connectivity index (χ0n) is 19.3. The summed E-state index contributed by atoms with van der Waals surface area (Å²) < 4.78 is 5.57. The van der Waals surface area contributed by atoms with Gasteiger partial charge in [-0.25, -0.2) is 9.78 Å². The van der Waals surface area contributed by atoms with E-state index in [0.717, 1.165) is 36.0 Å². The van der Waals surface area contributed by atoms with Gasteiger partial charge in [0.15, 0.2) is 0 Å². The SMILES string of the molecule is CC(C)(C)OC(=O)NC1(/C=C/c2cc3ccccc3nc2Cl)CCN(Cc2ccccc2)C1. The van der Waals surface area contributed by atoms with E-state index < -0.39 is 17.2 Å². The number of benzene rings is 2. The highest BCUT2D eigenvalue weighted by Crippen LogP contribution is 2.28. The lowest BCUT2D eigenvalue weighted by molar-refractivity contribution is 0.0480. The first-order valence-electron chi connectivity index (χ1n) is 11.2. The maximum absolute atomic E-state index is 12.7. The van der Waals surface area contributed by atoms with Crippen LogP contribution in [0.3, 0.4) is 0 Å². The number of likely N-dealkylation sites (tertiary alicyclic amines) is 1. The number of nitrogens with one attached hydrogen (secondary N) is 1. The van der Waals surface area contributed by atoms with Crippen LogP contribution in [0.2, 0.25) is 5.15 Å². The molecule has 2 heterocycles. The minimum Gasteiger partial charge on any atom is -0.444 e. The highest BCUT2D eigenvalue weighted by atomic mass is 35.5. The third kappa shape index (κ3) is 6.12. The quantitative estimate of drug-likeness (QED) is 0.466. The Morgan fingerprint density at radius 1 is 1.18 bits per heavy atom. The number of rotatable bonds is 5. The summed E-state index contributed by atoms with van der Waals surface area (Å²) >= 11 is 6.48. The number of aromatic nitrogens is 1. The van der Waals surface area contributed by atoms with Crippen LogP contribution in [0, 0.1) is 0 Å². The molecule has 1 N–H and O–H groups in total. The topological polar surface area (TPSA) is 54.5 Å². The van der Waals surface area contributed by atoms with Crippen molar-refractivity contribution < 1.29 is 9.53 Å². The molecule has 0 bridgehead atoms. The minimum atomic E-state index is -0.567. The van der Waals surface area contributed by atoms with E-state index >= 15 is 0 Å². The smallest absolute Gasteiger partial charge is 0.408 e. The molecule has 1 aliphatic rings. The largest absolute Gasteiger partial charge is 0.444 e. The van der Waals surface area contributed by atoms with Gasteiger partial charge in [0.1, 0.15) is 10.8 Å². The summed E-state index contributed by atoms with van der Waals surface area (Å²) in [6, 6.07) is 20.3. The minimum absolute atomic E-state index is 0.420. The summed E-state index contributed by atoms with van der Waals surface area (Å²) in [5.41, 5.74) is 1.80. The molecule has 0 radical (unpaired) electrons. The molecule has 0 spiro atoms. The van der Waals surface area contributed by atoms with E-state index in [1.165, 1.54) is 5.56 Å². The van der Waals surface area contributed by atoms with E-state index in [1.54, 1.807) is 0 Å². The van der Waals surface area contributed by atoms with Crippen molar-refractivity contribution in [3.05, 3.63) is 83.0 Å². The first-order chi connectivity index (χ1) is 15.7. The molecule has 1 aromatic heterocycles. The fraction of sp³-hybridized carbons (Fsp3) is 0.333. The third-order valence-corrected chi connectivity index (χ3v) is 5.97. The molecular formula is C27H30ClN3O2. The predicted molar refractivity (Wildman–Crippen MR) is 134 cm³/mol. The number of para-hydroxylation sites is 1. The van der Waals surface area contributed by atoms with Crippen molar-refractivity contribution in [3.8, 4) is 0 Å². The molecule has 0 saturated carbocycles. The normalized spacial score (nSPS) is 19.3. The van der Waals surface area contributed by atoms with Gasteiger partial charge in [-0.15, -0.1) is 0 Å². The second-order valence-electron chi connectivity index (χ2n) is 9.62. The highest BCUT2D eigenvalue weighted by molar-refractivity contribution is 6.31. The Bertz CT molecular complexity index is 1160. The fourth-order valence-corrected chi connectivity index (χ4v) is 4.36. The molecule has 6 heteroatoms. The van der Waals surface area contributed by atoms with Crippen LogP contribution in [0.15, 0.2) is 66.7 Å². The molecule has 1 saturated heterocycles. The average molecular weight is 464 g/mol. The predicted octanol–water partition coefficient (Wildman–Crippen LogP) is 6.07. The summed E-state index contributed by atoms with van der Waals surface area (Å²) in [5, 5.41) is 4.60. The van der Waals surface area contributed by atoms with Gasteiger partial charge in [0.2, 0.25) is 0 Å². The van der Waals surface area contributed by atoms with Crippen LogP contribution < -0.4 is 5.32 Å². The van der Waals surface area contributed by atoms with E-state index in [0.29, 0.717) is 11.7 Å². The molecule has 1 atom stereocenters. The van der Waals surface area contributed by atoms with Crippen molar-refractivity contribution in [2.24, 2.45) is 0 Å². The lowest BCUT2D eigenvalue weighted by Gasteiger charge is -2.29. The highest BCUT2D eigenvalue weighted by Gasteiger charge is 2.38. The molecule has 1 aliphatic heterocycles. The summed E-state index contributed by atoms with van der Waals surface area (Å²) in [7, 11) is 0. The molecule has 172 valence electrons. The Balaban J connectivity index is 1.59. The van der Waals surface area contributed by atoms with Crippen LogP contribution in [0.1, 0.15) is 38.3 Å². The lowest BCUT2D eigenvalue weighted by Crippen LogP contribution is -2.50. The van der Waals surface area contributed by atoms with Crippen LogP contribution >= 0.6 is 11.6 Å². The summed E-state index contributed by atoms with van der Waals surface area (Å²) in [6.07, 6.45) is 4.36. The van der Waals surface area contributed by atoms with Gasteiger partial charge in [-0.1, -0.05) is 72.3 Å². The van der Waals surface area contributed by atoms with Crippen molar-refractivity contribution in [2.75, 3.05) is 13.1 Å². The van der Waals surface area contributed by atoms with Gasteiger partial charge in [0.05, 0.1) is 11.1 Å². The lowest BCUT2D eigenvalue weighted by atomic mass is 9.97. The van der Waals surface area contributed by atoms with Crippen LogP contribution in [0.25, 0.3) is 17.0 Å². The van der Waals surface area contributed by atoms with E-state index in [1.807, 2.05) is 81.5 Å². The number of hydrogen-bond donors (Lipinski definition) is 1. The van der Waals surface area contributed by atoms with Gasteiger partial charge in [-0.05, 0) is 44.9 Å². The van der Waals surface area contributed by atoms with E-state index in [2.05, 4.69) is 27.3 Å². The van der Waals surface area contributed by atoms with E-state index in [4.69, 9.17) is 16.3 Å². The second kappa shape index (κ2) is 9.54. The molecular weight excluding hydrogens is 434 g/mol. The van der Waals surface area contributed by atoms with Crippen molar-refractivity contribution in [1.82, 2.24) is 15.2 Å². The molecule has 2 aromatic carbocycles. The van der Waals surface area contributed by atoms with Crippen LogP contribution in [0.4, 0.5) is 4.79 Å². The molecule has 1 fully saturated rings. The van der Waals surface area contributed by atoms with Crippen LogP contribution in [-0.2, 0) is 11.3 Å². The van der Waals surface area contributed by atoms with Crippen LogP contribution in [0.5, 0.6) is 0 Å². The first kappa shape index (κ1) is 23.3. The maximum atomic E-state index is 12.7. The van der Waals surface area contributed by atoms with Crippen molar-refractivity contribution in [1.29, 1.82) is 0 Å².